The molecule has 8 heteroatoms. The molecule has 28 heavy (non-hydrogen) atoms. The van der Waals surface area contributed by atoms with Crippen LogP contribution in [0.25, 0.3) is 11.0 Å². The normalized spacial score (nSPS) is 12.1. The van der Waals surface area contributed by atoms with Gasteiger partial charge in [-0.25, -0.2) is 15.0 Å². The van der Waals surface area contributed by atoms with Crippen molar-refractivity contribution < 1.29 is 4.79 Å². The first-order valence-corrected chi connectivity index (χ1v) is 10.2. The molecule has 0 saturated carbocycles. The summed E-state index contributed by atoms with van der Waals surface area (Å²) in [6.07, 6.45) is 3.36. The number of amides is 1. The lowest BCUT2D eigenvalue weighted by atomic mass is 10.1. The van der Waals surface area contributed by atoms with Crippen molar-refractivity contribution in [2.75, 3.05) is 5.75 Å². The van der Waals surface area contributed by atoms with Crippen LogP contribution in [0, 0.1) is 6.92 Å². The standard InChI is InChI=1S/C20H23N5O2S/c1-4-16(18(26)21-10-14-8-6-13(3)7-9-14)25-12-23-17-15(19(25)27)11-22-20(24-17)28-5-2/h6-9,11-12,16H,4-5,10H2,1-3H3,(H,21,26)/t16-/m0/s1. The van der Waals surface area contributed by atoms with Gasteiger partial charge < -0.3 is 5.32 Å². The van der Waals surface area contributed by atoms with Gasteiger partial charge in [0.2, 0.25) is 5.91 Å². The molecule has 0 unspecified atom stereocenters. The quantitative estimate of drug-likeness (QED) is 0.487. The van der Waals surface area contributed by atoms with Gasteiger partial charge in [-0.05, 0) is 24.7 Å². The van der Waals surface area contributed by atoms with Gasteiger partial charge in [-0.15, -0.1) is 0 Å². The van der Waals surface area contributed by atoms with Crippen LogP contribution in [0.1, 0.15) is 37.4 Å². The Hall–Kier alpha value is -2.74. The molecule has 0 bridgehead atoms. The monoisotopic (exact) mass is 397 g/mol. The van der Waals surface area contributed by atoms with Crippen LogP contribution in [0.15, 0.2) is 46.7 Å². The van der Waals surface area contributed by atoms with Crippen LogP contribution in [-0.4, -0.2) is 31.2 Å². The molecule has 0 saturated heterocycles. The molecule has 1 aromatic carbocycles. The lowest BCUT2D eigenvalue weighted by molar-refractivity contribution is -0.124. The Bertz CT molecular complexity index is 1030. The average Bonchev–Trinajstić information content (AvgIpc) is 2.70. The topological polar surface area (TPSA) is 89.8 Å². The Balaban J connectivity index is 1.82. The van der Waals surface area contributed by atoms with E-state index < -0.39 is 6.04 Å². The molecule has 1 N–H and O–H groups in total. The fourth-order valence-corrected chi connectivity index (χ4v) is 3.39. The van der Waals surface area contributed by atoms with Gasteiger partial charge in [0.05, 0.1) is 0 Å². The van der Waals surface area contributed by atoms with Crippen LogP contribution in [-0.2, 0) is 11.3 Å². The van der Waals surface area contributed by atoms with Crippen molar-refractivity contribution in [3.05, 3.63) is 58.3 Å². The first-order valence-electron chi connectivity index (χ1n) is 9.23. The number of carbonyl (C=O) groups is 1. The van der Waals surface area contributed by atoms with Gasteiger partial charge in [0.1, 0.15) is 17.8 Å². The van der Waals surface area contributed by atoms with Gasteiger partial charge in [0.25, 0.3) is 5.56 Å². The van der Waals surface area contributed by atoms with Crippen molar-refractivity contribution in [1.82, 2.24) is 24.8 Å². The highest BCUT2D eigenvalue weighted by Gasteiger charge is 2.21. The zero-order valence-electron chi connectivity index (χ0n) is 16.2. The highest BCUT2D eigenvalue weighted by molar-refractivity contribution is 7.99. The van der Waals surface area contributed by atoms with E-state index in [1.165, 1.54) is 28.9 Å². The summed E-state index contributed by atoms with van der Waals surface area (Å²) in [5, 5.41) is 3.81. The van der Waals surface area contributed by atoms with Gasteiger partial charge in [-0.2, -0.15) is 0 Å². The number of fused-ring (bicyclic) bond motifs is 1. The van der Waals surface area contributed by atoms with Crippen molar-refractivity contribution in [3.63, 3.8) is 0 Å². The summed E-state index contributed by atoms with van der Waals surface area (Å²) in [5.41, 5.74) is 2.21. The molecular weight excluding hydrogens is 374 g/mol. The molecule has 2 aromatic heterocycles. The molecule has 2 heterocycles. The number of aryl methyl sites for hydroxylation is 1. The molecule has 146 valence electrons. The second kappa shape index (κ2) is 8.97. The summed E-state index contributed by atoms with van der Waals surface area (Å²) < 4.78 is 1.36. The largest absolute Gasteiger partial charge is 0.350 e. The summed E-state index contributed by atoms with van der Waals surface area (Å²) >= 11 is 1.49. The average molecular weight is 398 g/mol. The van der Waals surface area contributed by atoms with E-state index in [2.05, 4.69) is 20.3 Å². The van der Waals surface area contributed by atoms with Crippen LogP contribution in [0.3, 0.4) is 0 Å². The smallest absolute Gasteiger partial charge is 0.265 e. The number of carbonyl (C=O) groups excluding carboxylic acids is 1. The second-order valence-corrected chi connectivity index (χ2v) is 7.64. The van der Waals surface area contributed by atoms with E-state index in [-0.39, 0.29) is 11.5 Å². The third kappa shape index (κ3) is 4.39. The van der Waals surface area contributed by atoms with Gasteiger partial charge in [-0.1, -0.05) is 55.4 Å². The summed E-state index contributed by atoms with van der Waals surface area (Å²) in [5.74, 6) is 0.618. The van der Waals surface area contributed by atoms with Gasteiger partial charge in [0, 0.05) is 12.7 Å². The lowest BCUT2D eigenvalue weighted by Gasteiger charge is -2.18. The molecule has 0 aliphatic rings. The second-order valence-electron chi connectivity index (χ2n) is 6.41. The minimum Gasteiger partial charge on any atom is -0.350 e. The Labute approximate surface area is 167 Å². The van der Waals surface area contributed by atoms with Crippen molar-refractivity contribution in [1.29, 1.82) is 0 Å². The number of rotatable bonds is 7. The van der Waals surface area contributed by atoms with Gasteiger partial charge in [-0.3, -0.25) is 14.2 Å². The SMILES string of the molecule is CCSc1ncc2c(=O)n([C@@H](CC)C(=O)NCc3ccc(C)cc3)cnc2n1. The van der Waals surface area contributed by atoms with Crippen molar-refractivity contribution in [2.45, 2.75) is 44.9 Å². The molecular formula is C20H23N5O2S. The minimum absolute atomic E-state index is 0.217. The molecule has 0 fully saturated rings. The molecule has 3 aromatic rings. The molecule has 0 aliphatic heterocycles. The van der Waals surface area contributed by atoms with Gasteiger partial charge in [0.15, 0.2) is 10.8 Å². The number of hydrogen-bond donors (Lipinski definition) is 1. The molecule has 7 nitrogen and oxygen atoms in total. The number of nitrogens with one attached hydrogen (secondary N) is 1. The number of nitrogens with zero attached hydrogens (tertiary/aromatic N) is 4. The highest BCUT2D eigenvalue weighted by Crippen LogP contribution is 2.15. The van der Waals surface area contributed by atoms with Gasteiger partial charge >= 0.3 is 0 Å². The van der Waals surface area contributed by atoms with Crippen molar-refractivity contribution in [2.24, 2.45) is 0 Å². The van der Waals surface area contributed by atoms with Crippen molar-refractivity contribution >= 4 is 28.7 Å². The number of aromatic nitrogens is 4. The first-order chi connectivity index (χ1) is 13.5. The number of hydrogen-bond acceptors (Lipinski definition) is 6. The van der Waals surface area contributed by atoms with Crippen molar-refractivity contribution in [3.8, 4) is 0 Å². The summed E-state index contributed by atoms with van der Waals surface area (Å²) in [6.45, 7) is 6.29. The third-order valence-corrected chi connectivity index (χ3v) is 5.15. The Kier molecular flexibility index (Phi) is 6.41. The maximum absolute atomic E-state index is 12.9. The molecule has 3 rings (SSSR count). The first kappa shape index (κ1) is 20.0. The summed E-state index contributed by atoms with van der Waals surface area (Å²) in [4.78, 5) is 38.4. The van der Waals surface area contributed by atoms with Crippen LogP contribution >= 0.6 is 11.8 Å². The number of benzene rings is 1. The fourth-order valence-electron chi connectivity index (χ4n) is 2.86. The molecule has 0 aliphatic carbocycles. The zero-order chi connectivity index (χ0) is 20.1. The Morgan fingerprint density at radius 3 is 2.64 bits per heavy atom. The van der Waals surface area contributed by atoms with Crippen LogP contribution in [0.2, 0.25) is 0 Å². The minimum atomic E-state index is -0.639. The zero-order valence-corrected chi connectivity index (χ0v) is 17.0. The maximum atomic E-state index is 12.9. The predicted molar refractivity (Wildman–Crippen MR) is 110 cm³/mol. The van der Waals surface area contributed by atoms with E-state index in [1.807, 2.05) is 45.0 Å². The predicted octanol–water partition coefficient (Wildman–Crippen LogP) is 2.87. The maximum Gasteiger partial charge on any atom is 0.265 e. The molecule has 1 amide bonds. The van der Waals surface area contributed by atoms with E-state index in [4.69, 9.17) is 0 Å². The van der Waals surface area contributed by atoms with E-state index in [9.17, 15) is 9.59 Å². The summed E-state index contributed by atoms with van der Waals surface area (Å²) in [6, 6.07) is 7.32. The van der Waals surface area contributed by atoms with E-state index in [0.717, 1.165) is 16.9 Å². The van der Waals surface area contributed by atoms with E-state index in [0.29, 0.717) is 29.2 Å². The Morgan fingerprint density at radius 1 is 1.21 bits per heavy atom. The Morgan fingerprint density at radius 2 is 1.96 bits per heavy atom. The van der Waals surface area contributed by atoms with E-state index in [1.54, 1.807) is 0 Å². The molecule has 0 spiro atoms. The van der Waals surface area contributed by atoms with E-state index >= 15 is 0 Å². The fraction of sp³-hybridized carbons (Fsp3) is 0.350. The molecule has 1 atom stereocenters. The van der Waals surface area contributed by atoms with Crippen LogP contribution in [0.5, 0.6) is 0 Å². The van der Waals surface area contributed by atoms with Crippen LogP contribution < -0.4 is 10.9 Å². The lowest BCUT2D eigenvalue weighted by Crippen LogP contribution is -2.37. The highest BCUT2D eigenvalue weighted by atomic mass is 32.2. The summed E-state index contributed by atoms with van der Waals surface area (Å²) in [7, 11) is 0. The third-order valence-electron chi connectivity index (χ3n) is 4.40. The van der Waals surface area contributed by atoms with Crippen LogP contribution in [0.4, 0.5) is 0 Å². The number of thioether (sulfide) groups is 1. The molecule has 0 radical (unpaired) electrons.